The maximum atomic E-state index is 12.8. The lowest BCUT2D eigenvalue weighted by molar-refractivity contribution is -0.120. The molecule has 33 heavy (non-hydrogen) atoms. The SMILES string of the molecule is COc1ccc(-c2nnc(SC(C)C(=O)NCc3ccccc3)n2-c2ccc(C)cc2)cc1. The van der Waals surface area contributed by atoms with Crippen molar-refractivity contribution in [2.24, 2.45) is 0 Å². The molecule has 0 saturated heterocycles. The van der Waals surface area contributed by atoms with Crippen LogP contribution in [-0.2, 0) is 11.3 Å². The zero-order chi connectivity index (χ0) is 23.2. The Kier molecular flexibility index (Phi) is 7.10. The zero-order valence-electron chi connectivity index (χ0n) is 18.9. The average molecular weight is 459 g/mol. The number of amides is 1. The van der Waals surface area contributed by atoms with E-state index in [1.165, 1.54) is 17.3 Å². The Bertz CT molecular complexity index is 1210. The Morgan fingerprint density at radius 2 is 1.70 bits per heavy atom. The van der Waals surface area contributed by atoms with Gasteiger partial charge in [-0.05, 0) is 55.8 Å². The van der Waals surface area contributed by atoms with Gasteiger partial charge in [0.15, 0.2) is 11.0 Å². The third-order valence-electron chi connectivity index (χ3n) is 5.23. The first-order valence-electron chi connectivity index (χ1n) is 10.7. The molecule has 1 aromatic heterocycles. The lowest BCUT2D eigenvalue weighted by Crippen LogP contribution is -2.30. The van der Waals surface area contributed by atoms with Crippen molar-refractivity contribution in [3.8, 4) is 22.8 Å². The van der Waals surface area contributed by atoms with Crippen molar-refractivity contribution in [2.45, 2.75) is 30.8 Å². The van der Waals surface area contributed by atoms with E-state index in [1.54, 1.807) is 7.11 Å². The number of hydrogen-bond donors (Lipinski definition) is 1. The fourth-order valence-corrected chi connectivity index (χ4v) is 4.23. The molecule has 4 rings (SSSR count). The molecule has 1 amide bonds. The standard InChI is InChI=1S/C26H26N4O2S/c1-18-9-13-22(14-10-18)30-24(21-11-15-23(32-3)16-12-21)28-29-26(30)33-19(2)25(31)27-17-20-7-5-4-6-8-20/h4-16,19H,17H2,1-3H3,(H,27,31). The minimum Gasteiger partial charge on any atom is -0.497 e. The van der Waals surface area contributed by atoms with Crippen molar-refractivity contribution in [3.63, 3.8) is 0 Å². The Balaban J connectivity index is 1.59. The van der Waals surface area contributed by atoms with Crippen LogP contribution in [0.2, 0.25) is 0 Å². The van der Waals surface area contributed by atoms with Gasteiger partial charge < -0.3 is 10.1 Å². The molecule has 0 saturated carbocycles. The number of nitrogens with one attached hydrogen (secondary N) is 1. The first-order chi connectivity index (χ1) is 16.0. The fraction of sp³-hybridized carbons (Fsp3) is 0.192. The summed E-state index contributed by atoms with van der Waals surface area (Å²) in [5, 5.41) is 12.2. The van der Waals surface area contributed by atoms with Gasteiger partial charge in [0, 0.05) is 17.8 Å². The number of carbonyl (C=O) groups excluding carboxylic acids is 1. The van der Waals surface area contributed by atoms with E-state index in [4.69, 9.17) is 4.74 Å². The van der Waals surface area contributed by atoms with Gasteiger partial charge in [-0.25, -0.2) is 0 Å². The lowest BCUT2D eigenvalue weighted by atomic mass is 10.2. The van der Waals surface area contributed by atoms with Gasteiger partial charge in [-0.2, -0.15) is 0 Å². The van der Waals surface area contributed by atoms with Gasteiger partial charge in [0.25, 0.3) is 0 Å². The minimum atomic E-state index is -0.342. The van der Waals surface area contributed by atoms with E-state index >= 15 is 0 Å². The first kappa shape index (κ1) is 22.6. The van der Waals surface area contributed by atoms with Crippen LogP contribution in [-0.4, -0.2) is 33.0 Å². The Morgan fingerprint density at radius 3 is 2.36 bits per heavy atom. The molecule has 4 aromatic rings. The number of aromatic nitrogens is 3. The van der Waals surface area contributed by atoms with E-state index in [0.717, 1.165) is 22.6 Å². The molecule has 6 nitrogen and oxygen atoms in total. The van der Waals surface area contributed by atoms with Gasteiger partial charge in [0.2, 0.25) is 5.91 Å². The molecule has 0 fully saturated rings. The van der Waals surface area contributed by atoms with Gasteiger partial charge in [0.05, 0.1) is 12.4 Å². The zero-order valence-corrected chi connectivity index (χ0v) is 19.7. The van der Waals surface area contributed by atoms with Crippen LogP contribution in [0.1, 0.15) is 18.1 Å². The smallest absolute Gasteiger partial charge is 0.233 e. The number of aryl methyl sites for hydroxylation is 1. The molecule has 1 N–H and O–H groups in total. The summed E-state index contributed by atoms with van der Waals surface area (Å²) in [4.78, 5) is 12.8. The van der Waals surface area contributed by atoms with Crippen molar-refractivity contribution in [1.29, 1.82) is 0 Å². The Hall–Kier alpha value is -3.58. The molecular weight excluding hydrogens is 432 g/mol. The second-order valence-electron chi connectivity index (χ2n) is 7.67. The van der Waals surface area contributed by atoms with Gasteiger partial charge in [-0.1, -0.05) is 59.8 Å². The van der Waals surface area contributed by atoms with Crippen molar-refractivity contribution in [1.82, 2.24) is 20.1 Å². The topological polar surface area (TPSA) is 69.0 Å². The summed E-state index contributed by atoms with van der Waals surface area (Å²) in [7, 11) is 1.64. The quantitative estimate of drug-likeness (QED) is 0.374. The predicted molar refractivity (Wildman–Crippen MR) is 132 cm³/mol. The van der Waals surface area contributed by atoms with E-state index in [2.05, 4.69) is 34.6 Å². The van der Waals surface area contributed by atoms with Crippen LogP contribution in [0.25, 0.3) is 17.1 Å². The molecule has 0 radical (unpaired) electrons. The van der Waals surface area contributed by atoms with Crippen molar-refractivity contribution in [3.05, 3.63) is 90.0 Å². The monoisotopic (exact) mass is 458 g/mol. The van der Waals surface area contributed by atoms with E-state index in [1.807, 2.05) is 78.2 Å². The van der Waals surface area contributed by atoms with Crippen molar-refractivity contribution < 1.29 is 9.53 Å². The highest BCUT2D eigenvalue weighted by Gasteiger charge is 2.22. The van der Waals surface area contributed by atoms with Crippen LogP contribution in [0.4, 0.5) is 0 Å². The largest absolute Gasteiger partial charge is 0.497 e. The molecule has 0 spiro atoms. The number of carbonyl (C=O) groups is 1. The highest BCUT2D eigenvalue weighted by atomic mass is 32.2. The summed E-state index contributed by atoms with van der Waals surface area (Å²) in [6.45, 7) is 4.42. The Morgan fingerprint density at radius 1 is 1.00 bits per heavy atom. The van der Waals surface area contributed by atoms with Crippen LogP contribution in [0.15, 0.2) is 84.0 Å². The fourth-order valence-electron chi connectivity index (χ4n) is 3.34. The van der Waals surface area contributed by atoms with Gasteiger partial charge >= 0.3 is 0 Å². The van der Waals surface area contributed by atoms with Gasteiger partial charge in [-0.15, -0.1) is 10.2 Å². The number of methoxy groups -OCH3 is 1. The first-order valence-corrected chi connectivity index (χ1v) is 11.6. The molecular formula is C26H26N4O2S. The lowest BCUT2D eigenvalue weighted by Gasteiger charge is -2.14. The molecule has 0 bridgehead atoms. The third-order valence-corrected chi connectivity index (χ3v) is 6.28. The van der Waals surface area contributed by atoms with E-state index < -0.39 is 0 Å². The predicted octanol–water partition coefficient (Wildman–Crippen LogP) is 5.05. The second-order valence-corrected chi connectivity index (χ2v) is 8.98. The third kappa shape index (κ3) is 5.43. The highest BCUT2D eigenvalue weighted by Crippen LogP contribution is 2.31. The second kappa shape index (κ2) is 10.4. The summed E-state index contributed by atoms with van der Waals surface area (Å²) in [6, 6.07) is 25.8. The van der Waals surface area contributed by atoms with Crippen LogP contribution in [0.3, 0.4) is 0 Å². The molecule has 0 aliphatic rings. The van der Waals surface area contributed by atoms with Crippen molar-refractivity contribution >= 4 is 17.7 Å². The highest BCUT2D eigenvalue weighted by molar-refractivity contribution is 8.00. The number of benzene rings is 3. The Labute approximate surface area is 198 Å². The van der Waals surface area contributed by atoms with Crippen LogP contribution in [0, 0.1) is 6.92 Å². The average Bonchev–Trinajstić information content (AvgIpc) is 3.27. The van der Waals surface area contributed by atoms with Crippen molar-refractivity contribution in [2.75, 3.05) is 7.11 Å². The number of rotatable bonds is 8. The van der Waals surface area contributed by atoms with E-state index in [0.29, 0.717) is 17.5 Å². The molecule has 3 aromatic carbocycles. The normalized spacial score (nSPS) is 11.7. The van der Waals surface area contributed by atoms with Gasteiger partial charge in [-0.3, -0.25) is 9.36 Å². The molecule has 0 aliphatic heterocycles. The number of thioether (sulfide) groups is 1. The molecule has 0 aliphatic carbocycles. The van der Waals surface area contributed by atoms with E-state index in [-0.39, 0.29) is 11.2 Å². The molecule has 1 atom stereocenters. The van der Waals surface area contributed by atoms with Crippen LogP contribution >= 0.6 is 11.8 Å². The maximum Gasteiger partial charge on any atom is 0.233 e. The number of nitrogens with zero attached hydrogens (tertiary/aromatic N) is 3. The number of hydrogen-bond acceptors (Lipinski definition) is 5. The number of ether oxygens (including phenoxy) is 1. The molecule has 7 heteroatoms. The van der Waals surface area contributed by atoms with Crippen LogP contribution in [0.5, 0.6) is 5.75 Å². The minimum absolute atomic E-state index is 0.0479. The molecule has 1 unspecified atom stereocenters. The summed E-state index contributed by atoms with van der Waals surface area (Å²) < 4.78 is 7.27. The summed E-state index contributed by atoms with van der Waals surface area (Å²) >= 11 is 1.39. The summed E-state index contributed by atoms with van der Waals surface area (Å²) in [5.74, 6) is 1.44. The van der Waals surface area contributed by atoms with E-state index in [9.17, 15) is 4.79 Å². The molecule has 1 heterocycles. The van der Waals surface area contributed by atoms with Crippen LogP contribution < -0.4 is 10.1 Å². The van der Waals surface area contributed by atoms with Gasteiger partial charge in [0.1, 0.15) is 5.75 Å². The maximum absolute atomic E-state index is 12.8. The summed E-state index contributed by atoms with van der Waals surface area (Å²) in [5.41, 5.74) is 4.08. The molecule has 168 valence electrons. The summed E-state index contributed by atoms with van der Waals surface area (Å²) in [6.07, 6.45) is 0.